The molecule has 0 unspecified atom stereocenters. The van der Waals surface area contributed by atoms with Gasteiger partial charge in [0.2, 0.25) is 0 Å². The number of hydrogen-bond donors (Lipinski definition) is 2. The van der Waals surface area contributed by atoms with Crippen LogP contribution in [0.4, 0.5) is 4.39 Å². The van der Waals surface area contributed by atoms with E-state index in [2.05, 4.69) is 5.16 Å². The molecule has 0 bridgehead atoms. The Balaban J connectivity index is 2.40. The van der Waals surface area contributed by atoms with Crippen molar-refractivity contribution in [2.24, 2.45) is 10.9 Å². The molecule has 0 heterocycles. The van der Waals surface area contributed by atoms with E-state index in [9.17, 15) is 4.39 Å². The van der Waals surface area contributed by atoms with Crippen molar-refractivity contribution in [3.8, 4) is 11.5 Å². The molecule has 5 heteroatoms. The zero-order valence-electron chi connectivity index (χ0n) is 10.3. The standard InChI is InChI=1S/C14H13FN2O2/c1-9-5-6-13(12(7-9)14(16)17-18)19-11-4-2-3-10(15)8-11/h2-8,18H,1H3,(H2,16,17). The summed E-state index contributed by atoms with van der Waals surface area (Å²) in [7, 11) is 0. The van der Waals surface area contributed by atoms with Crippen LogP contribution in [-0.4, -0.2) is 11.0 Å². The third kappa shape index (κ3) is 3.01. The van der Waals surface area contributed by atoms with Gasteiger partial charge in [0, 0.05) is 6.07 Å². The van der Waals surface area contributed by atoms with Crippen molar-refractivity contribution in [1.82, 2.24) is 0 Å². The predicted molar refractivity (Wildman–Crippen MR) is 70.2 cm³/mol. The monoisotopic (exact) mass is 260 g/mol. The summed E-state index contributed by atoms with van der Waals surface area (Å²) >= 11 is 0. The van der Waals surface area contributed by atoms with Gasteiger partial charge in [-0.25, -0.2) is 4.39 Å². The van der Waals surface area contributed by atoms with Crippen LogP contribution in [0.3, 0.4) is 0 Å². The van der Waals surface area contributed by atoms with Gasteiger partial charge in [-0.1, -0.05) is 22.9 Å². The van der Waals surface area contributed by atoms with E-state index in [4.69, 9.17) is 15.7 Å². The minimum Gasteiger partial charge on any atom is -0.456 e. The Morgan fingerprint density at radius 3 is 2.74 bits per heavy atom. The van der Waals surface area contributed by atoms with Crippen molar-refractivity contribution in [1.29, 1.82) is 0 Å². The highest BCUT2D eigenvalue weighted by Gasteiger charge is 2.10. The van der Waals surface area contributed by atoms with Gasteiger partial charge >= 0.3 is 0 Å². The number of ether oxygens (including phenoxy) is 1. The van der Waals surface area contributed by atoms with E-state index in [0.717, 1.165) is 5.56 Å². The summed E-state index contributed by atoms with van der Waals surface area (Å²) in [5.41, 5.74) is 6.98. The van der Waals surface area contributed by atoms with E-state index in [-0.39, 0.29) is 5.84 Å². The first-order chi connectivity index (χ1) is 9.10. The minimum atomic E-state index is -0.394. The molecule has 0 fully saturated rings. The summed E-state index contributed by atoms with van der Waals surface area (Å²) < 4.78 is 18.6. The van der Waals surface area contributed by atoms with E-state index in [1.54, 1.807) is 24.3 Å². The molecular formula is C14H13FN2O2. The maximum atomic E-state index is 13.1. The number of aryl methyl sites for hydroxylation is 1. The third-order valence-electron chi connectivity index (χ3n) is 2.54. The fraction of sp³-hybridized carbons (Fsp3) is 0.0714. The van der Waals surface area contributed by atoms with Crippen LogP contribution in [0, 0.1) is 12.7 Å². The Kier molecular flexibility index (Phi) is 3.66. The molecule has 0 aliphatic rings. The third-order valence-corrected chi connectivity index (χ3v) is 2.54. The van der Waals surface area contributed by atoms with Crippen LogP contribution in [0.1, 0.15) is 11.1 Å². The molecule has 98 valence electrons. The number of nitrogens with zero attached hydrogens (tertiary/aromatic N) is 1. The minimum absolute atomic E-state index is 0.0601. The van der Waals surface area contributed by atoms with E-state index in [1.165, 1.54) is 12.1 Å². The van der Waals surface area contributed by atoms with Crippen LogP contribution in [0.25, 0.3) is 0 Å². The average Bonchev–Trinajstić information content (AvgIpc) is 2.40. The largest absolute Gasteiger partial charge is 0.456 e. The van der Waals surface area contributed by atoms with Crippen molar-refractivity contribution in [2.45, 2.75) is 6.92 Å². The van der Waals surface area contributed by atoms with Crippen molar-refractivity contribution in [3.63, 3.8) is 0 Å². The van der Waals surface area contributed by atoms with E-state index in [0.29, 0.717) is 17.1 Å². The maximum absolute atomic E-state index is 13.1. The first-order valence-corrected chi connectivity index (χ1v) is 5.62. The molecule has 0 aliphatic heterocycles. The molecule has 3 N–H and O–H groups in total. The first-order valence-electron chi connectivity index (χ1n) is 5.62. The summed E-state index contributed by atoms with van der Waals surface area (Å²) in [6.45, 7) is 1.88. The van der Waals surface area contributed by atoms with Crippen LogP contribution in [0.15, 0.2) is 47.6 Å². The number of hydrogen-bond acceptors (Lipinski definition) is 3. The molecule has 2 aromatic rings. The second-order valence-corrected chi connectivity index (χ2v) is 4.04. The van der Waals surface area contributed by atoms with Gasteiger partial charge in [0.1, 0.15) is 17.3 Å². The highest BCUT2D eigenvalue weighted by molar-refractivity contribution is 5.99. The van der Waals surface area contributed by atoms with Crippen molar-refractivity contribution >= 4 is 5.84 Å². The molecule has 0 spiro atoms. The van der Waals surface area contributed by atoms with Gasteiger partial charge in [-0.2, -0.15) is 0 Å². The fourth-order valence-corrected chi connectivity index (χ4v) is 1.64. The molecule has 4 nitrogen and oxygen atoms in total. The second kappa shape index (κ2) is 5.39. The smallest absolute Gasteiger partial charge is 0.173 e. The molecule has 0 amide bonds. The maximum Gasteiger partial charge on any atom is 0.173 e. The van der Waals surface area contributed by atoms with Gasteiger partial charge in [0.05, 0.1) is 5.56 Å². The molecule has 0 atom stereocenters. The molecule has 19 heavy (non-hydrogen) atoms. The Hall–Kier alpha value is -2.56. The van der Waals surface area contributed by atoms with Gasteiger partial charge in [0.15, 0.2) is 5.84 Å². The number of oxime groups is 1. The topological polar surface area (TPSA) is 67.8 Å². The van der Waals surface area contributed by atoms with Crippen molar-refractivity contribution in [2.75, 3.05) is 0 Å². The molecule has 2 aromatic carbocycles. The molecule has 0 radical (unpaired) electrons. The quantitative estimate of drug-likeness (QED) is 0.386. The van der Waals surface area contributed by atoms with Crippen molar-refractivity contribution < 1.29 is 14.3 Å². The van der Waals surface area contributed by atoms with Crippen LogP contribution in [0.2, 0.25) is 0 Å². The zero-order valence-corrected chi connectivity index (χ0v) is 10.3. The van der Waals surface area contributed by atoms with Crippen LogP contribution in [-0.2, 0) is 0 Å². The average molecular weight is 260 g/mol. The van der Waals surface area contributed by atoms with Gasteiger partial charge in [-0.3, -0.25) is 0 Å². The second-order valence-electron chi connectivity index (χ2n) is 4.04. The SMILES string of the molecule is Cc1ccc(Oc2cccc(F)c2)c(/C(N)=N/O)c1. The van der Waals surface area contributed by atoms with Crippen molar-refractivity contribution in [3.05, 3.63) is 59.4 Å². The van der Waals surface area contributed by atoms with Crippen LogP contribution < -0.4 is 10.5 Å². The molecule has 0 aromatic heterocycles. The summed E-state index contributed by atoms with van der Waals surface area (Å²) in [4.78, 5) is 0. The van der Waals surface area contributed by atoms with Gasteiger partial charge in [-0.05, 0) is 31.2 Å². The lowest BCUT2D eigenvalue weighted by atomic mass is 10.1. The fourth-order valence-electron chi connectivity index (χ4n) is 1.64. The highest BCUT2D eigenvalue weighted by atomic mass is 19.1. The molecule has 0 saturated heterocycles. The van der Waals surface area contributed by atoms with E-state index < -0.39 is 5.82 Å². The Bertz CT molecular complexity index is 627. The predicted octanol–water partition coefficient (Wildman–Crippen LogP) is 3.02. The lowest BCUT2D eigenvalue weighted by molar-refractivity contribution is 0.318. The zero-order chi connectivity index (χ0) is 13.8. The molecular weight excluding hydrogens is 247 g/mol. The Morgan fingerprint density at radius 2 is 2.05 bits per heavy atom. The number of nitrogens with two attached hydrogens (primary N) is 1. The first kappa shape index (κ1) is 12.9. The number of amidine groups is 1. The van der Waals surface area contributed by atoms with Gasteiger partial charge < -0.3 is 15.7 Å². The lowest BCUT2D eigenvalue weighted by Gasteiger charge is -2.11. The summed E-state index contributed by atoms with van der Waals surface area (Å²) in [5.74, 6) is 0.285. The number of rotatable bonds is 3. The Morgan fingerprint density at radius 1 is 1.26 bits per heavy atom. The molecule has 2 rings (SSSR count). The summed E-state index contributed by atoms with van der Waals surface area (Å²) in [6.07, 6.45) is 0. The summed E-state index contributed by atoms with van der Waals surface area (Å²) in [6, 6.07) is 11.0. The molecule has 0 aliphatic carbocycles. The van der Waals surface area contributed by atoms with Crippen LogP contribution in [0.5, 0.6) is 11.5 Å². The lowest BCUT2D eigenvalue weighted by Crippen LogP contribution is -2.14. The summed E-state index contributed by atoms with van der Waals surface area (Å²) in [5, 5.41) is 11.7. The normalized spacial score (nSPS) is 11.4. The Labute approximate surface area is 109 Å². The molecule has 0 saturated carbocycles. The van der Waals surface area contributed by atoms with E-state index >= 15 is 0 Å². The van der Waals surface area contributed by atoms with Gasteiger partial charge in [0.25, 0.3) is 0 Å². The van der Waals surface area contributed by atoms with Crippen LogP contribution >= 0.6 is 0 Å². The van der Waals surface area contributed by atoms with E-state index in [1.807, 2.05) is 13.0 Å². The highest BCUT2D eigenvalue weighted by Crippen LogP contribution is 2.26. The number of benzene rings is 2. The number of halogens is 1. The van der Waals surface area contributed by atoms with Gasteiger partial charge in [-0.15, -0.1) is 0 Å².